The Morgan fingerprint density at radius 2 is 1.88 bits per heavy atom. The minimum atomic E-state index is -0.528. The predicted octanol–water partition coefficient (Wildman–Crippen LogP) is 3.52. The van der Waals surface area contributed by atoms with E-state index in [2.05, 4.69) is 6.58 Å². The maximum absolute atomic E-state index is 14.5. The zero-order valence-corrected chi connectivity index (χ0v) is 18.1. The van der Waals surface area contributed by atoms with E-state index in [-0.39, 0.29) is 22.9 Å². The quantitative estimate of drug-likeness (QED) is 0.283. The highest BCUT2D eigenvalue weighted by molar-refractivity contribution is 6.00. The number of piperazine rings is 1. The third kappa shape index (κ3) is 4.77. The smallest absolute Gasteiger partial charge is 0.270 e. The lowest BCUT2D eigenvalue weighted by atomic mass is 10.1. The number of nitro groups is 1. The summed E-state index contributed by atoms with van der Waals surface area (Å²) in [5.41, 5.74) is 1.35. The molecule has 1 fully saturated rings. The Kier molecular flexibility index (Phi) is 6.87. The van der Waals surface area contributed by atoms with E-state index in [0.29, 0.717) is 49.7 Å². The fourth-order valence-corrected chi connectivity index (χ4v) is 3.74. The highest BCUT2D eigenvalue weighted by Gasteiger charge is 2.27. The van der Waals surface area contributed by atoms with Crippen molar-refractivity contribution in [3.8, 4) is 0 Å². The summed E-state index contributed by atoms with van der Waals surface area (Å²) < 4.78 is 14.5. The van der Waals surface area contributed by atoms with Gasteiger partial charge in [-0.25, -0.2) is 4.39 Å². The highest BCUT2D eigenvalue weighted by atomic mass is 19.1. The number of carbonyl (C=O) groups is 2. The molecule has 9 heteroatoms. The summed E-state index contributed by atoms with van der Waals surface area (Å²) in [5.74, 6) is -1.00. The molecule has 8 nitrogen and oxygen atoms in total. The molecular formula is C23H25FN4O4. The Labute approximate surface area is 185 Å². The second-order valence-electron chi connectivity index (χ2n) is 7.63. The van der Waals surface area contributed by atoms with Gasteiger partial charge < -0.3 is 14.7 Å². The highest BCUT2D eigenvalue weighted by Crippen LogP contribution is 2.28. The van der Waals surface area contributed by atoms with Crippen LogP contribution < -0.4 is 9.80 Å². The normalized spacial score (nSPS) is 13.6. The monoisotopic (exact) mass is 440 g/mol. The van der Waals surface area contributed by atoms with Gasteiger partial charge in [-0.05, 0) is 31.2 Å². The first-order valence-electron chi connectivity index (χ1n) is 10.2. The first kappa shape index (κ1) is 22.9. The predicted molar refractivity (Wildman–Crippen MR) is 121 cm³/mol. The number of hydrogen-bond donors (Lipinski definition) is 0. The van der Waals surface area contributed by atoms with Crippen LogP contribution in [0, 0.1) is 15.9 Å². The second-order valence-corrected chi connectivity index (χ2v) is 7.63. The van der Waals surface area contributed by atoms with Gasteiger partial charge in [-0.15, -0.1) is 6.58 Å². The minimum absolute atomic E-state index is 0.157. The van der Waals surface area contributed by atoms with Crippen molar-refractivity contribution in [2.45, 2.75) is 6.92 Å². The van der Waals surface area contributed by atoms with E-state index in [4.69, 9.17) is 0 Å². The Hall–Kier alpha value is -3.75. The minimum Gasteiger partial charge on any atom is -0.370 e. The van der Waals surface area contributed by atoms with Gasteiger partial charge in [0.2, 0.25) is 0 Å². The topological polar surface area (TPSA) is 87.0 Å². The number of anilines is 2. The van der Waals surface area contributed by atoms with Crippen LogP contribution in [0.4, 0.5) is 21.5 Å². The first-order chi connectivity index (χ1) is 15.2. The van der Waals surface area contributed by atoms with Gasteiger partial charge in [-0.1, -0.05) is 6.08 Å². The van der Waals surface area contributed by atoms with Gasteiger partial charge in [0, 0.05) is 57.5 Å². The van der Waals surface area contributed by atoms with Crippen LogP contribution in [0.15, 0.2) is 49.1 Å². The van der Waals surface area contributed by atoms with Crippen LogP contribution in [-0.2, 0) is 0 Å². The van der Waals surface area contributed by atoms with Crippen molar-refractivity contribution in [2.24, 2.45) is 0 Å². The van der Waals surface area contributed by atoms with E-state index >= 15 is 0 Å². The van der Waals surface area contributed by atoms with E-state index in [1.54, 1.807) is 41.1 Å². The SMILES string of the molecule is C=CCN(C)c1ccc([N+](=O)[O-])cc1C(=O)N1CCN(c2ccc(C(C)=O)cc2F)CC1. The van der Waals surface area contributed by atoms with Crippen molar-refractivity contribution in [2.75, 3.05) is 49.6 Å². The Balaban J connectivity index is 1.79. The molecule has 0 aromatic heterocycles. The molecule has 1 saturated heterocycles. The lowest BCUT2D eigenvalue weighted by Crippen LogP contribution is -2.49. The Bertz CT molecular complexity index is 1060. The zero-order valence-electron chi connectivity index (χ0n) is 18.1. The number of likely N-dealkylation sites (N-methyl/N-ethyl adjacent to an activating group) is 1. The summed E-state index contributed by atoms with van der Waals surface area (Å²) in [6.45, 7) is 7.01. The second kappa shape index (κ2) is 9.59. The van der Waals surface area contributed by atoms with Crippen molar-refractivity contribution in [3.05, 3.63) is 76.1 Å². The summed E-state index contributed by atoms with van der Waals surface area (Å²) in [6.07, 6.45) is 1.68. The van der Waals surface area contributed by atoms with Crippen molar-refractivity contribution >= 4 is 28.8 Å². The largest absolute Gasteiger partial charge is 0.370 e. The standard InChI is InChI=1S/C23H25FN4O4/c1-4-9-25(3)21-8-6-18(28(31)32)15-19(21)23(30)27-12-10-26(11-13-27)22-7-5-17(16(2)29)14-20(22)24/h4-8,14-15H,1,9-13H2,2-3H3. The zero-order chi connectivity index (χ0) is 23.4. The molecule has 0 atom stereocenters. The maximum Gasteiger partial charge on any atom is 0.270 e. The third-order valence-electron chi connectivity index (χ3n) is 5.50. The number of halogens is 1. The molecule has 1 aliphatic heterocycles. The molecule has 1 amide bonds. The number of amides is 1. The number of Topliss-reactive ketones (excluding diaryl/α,β-unsaturated/α-hetero) is 1. The molecule has 0 saturated carbocycles. The number of non-ortho nitro benzene ring substituents is 1. The van der Waals surface area contributed by atoms with Gasteiger partial charge >= 0.3 is 0 Å². The Morgan fingerprint density at radius 1 is 1.19 bits per heavy atom. The molecule has 2 aromatic rings. The fourth-order valence-electron chi connectivity index (χ4n) is 3.74. The van der Waals surface area contributed by atoms with Crippen LogP contribution in [0.1, 0.15) is 27.6 Å². The van der Waals surface area contributed by atoms with Crippen LogP contribution in [0.5, 0.6) is 0 Å². The molecule has 1 heterocycles. The van der Waals surface area contributed by atoms with E-state index in [1.165, 1.54) is 25.1 Å². The number of ketones is 1. The van der Waals surface area contributed by atoms with E-state index < -0.39 is 10.7 Å². The molecule has 0 bridgehead atoms. The molecule has 0 aliphatic carbocycles. The number of rotatable bonds is 7. The summed E-state index contributed by atoms with van der Waals surface area (Å²) in [6, 6.07) is 8.62. The summed E-state index contributed by atoms with van der Waals surface area (Å²) in [7, 11) is 1.78. The molecule has 0 spiro atoms. The molecule has 2 aromatic carbocycles. The fraction of sp³-hybridized carbons (Fsp3) is 0.304. The van der Waals surface area contributed by atoms with Gasteiger partial charge in [0.1, 0.15) is 5.82 Å². The van der Waals surface area contributed by atoms with E-state index in [9.17, 15) is 24.1 Å². The summed E-state index contributed by atoms with van der Waals surface area (Å²) >= 11 is 0. The van der Waals surface area contributed by atoms with Crippen molar-refractivity contribution in [3.63, 3.8) is 0 Å². The molecule has 0 N–H and O–H groups in total. The van der Waals surface area contributed by atoms with Crippen molar-refractivity contribution in [1.29, 1.82) is 0 Å². The summed E-state index contributed by atoms with van der Waals surface area (Å²) in [4.78, 5) is 40.6. The molecule has 0 unspecified atom stereocenters. The molecule has 168 valence electrons. The number of benzene rings is 2. The number of nitrogens with zero attached hydrogens (tertiary/aromatic N) is 4. The van der Waals surface area contributed by atoms with Crippen LogP contribution >= 0.6 is 0 Å². The lowest BCUT2D eigenvalue weighted by Gasteiger charge is -2.36. The number of nitro benzene ring substituents is 1. The lowest BCUT2D eigenvalue weighted by molar-refractivity contribution is -0.384. The molecule has 1 aliphatic rings. The Morgan fingerprint density at radius 3 is 2.44 bits per heavy atom. The van der Waals surface area contributed by atoms with Gasteiger partial charge in [-0.3, -0.25) is 19.7 Å². The van der Waals surface area contributed by atoms with Gasteiger partial charge in [0.25, 0.3) is 11.6 Å². The number of carbonyl (C=O) groups excluding carboxylic acids is 2. The first-order valence-corrected chi connectivity index (χ1v) is 10.2. The van der Waals surface area contributed by atoms with Gasteiger partial charge in [0.05, 0.1) is 21.9 Å². The van der Waals surface area contributed by atoms with Crippen LogP contribution in [-0.4, -0.2) is 61.3 Å². The average molecular weight is 440 g/mol. The van der Waals surface area contributed by atoms with Crippen LogP contribution in [0.3, 0.4) is 0 Å². The molecule has 3 rings (SSSR count). The van der Waals surface area contributed by atoms with E-state index in [0.717, 1.165) is 0 Å². The molecule has 0 radical (unpaired) electrons. The molecule has 32 heavy (non-hydrogen) atoms. The van der Waals surface area contributed by atoms with Gasteiger partial charge in [0.15, 0.2) is 5.78 Å². The average Bonchev–Trinajstić information content (AvgIpc) is 2.78. The van der Waals surface area contributed by atoms with Crippen molar-refractivity contribution in [1.82, 2.24) is 4.90 Å². The van der Waals surface area contributed by atoms with Gasteiger partial charge in [-0.2, -0.15) is 0 Å². The molecular weight excluding hydrogens is 415 g/mol. The van der Waals surface area contributed by atoms with Crippen LogP contribution in [0.25, 0.3) is 0 Å². The van der Waals surface area contributed by atoms with E-state index in [1.807, 2.05) is 4.90 Å². The maximum atomic E-state index is 14.5. The van der Waals surface area contributed by atoms with Crippen molar-refractivity contribution < 1.29 is 18.9 Å². The third-order valence-corrected chi connectivity index (χ3v) is 5.50. The van der Waals surface area contributed by atoms with Crippen LogP contribution in [0.2, 0.25) is 0 Å². The number of hydrogen-bond acceptors (Lipinski definition) is 6. The summed E-state index contributed by atoms with van der Waals surface area (Å²) in [5, 5.41) is 11.2.